The lowest BCUT2D eigenvalue weighted by Gasteiger charge is -2.12. The molecule has 2 N–H and O–H groups in total. The Morgan fingerprint density at radius 2 is 1.70 bits per heavy atom. The summed E-state index contributed by atoms with van der Waals surface area (Å²) in [6.45, 7) is -0.240. The molecule has 1 atom stereocenters. The van der Waals surface area contributed by atoms with Gasteiger partial charge in [-0.3, -0.25) is 10.1 Å². The van der Waals surface area contributed by atoms with Gasteiger partial charge in [-0.2, -0.15) is 0 Å². The maximum absolute atomic E-state index is 12.1. The van der Waals surface area contributed by atoms with Gasteiger partial charge in [0.25, 0.3) is 5.69 Å². The smallest absolute Gasteiger partial charge is 0.269 e. The molecule has 0 fully saturated rings. The monoisotopic (exact) mass is 400 g/mol. The first-order valence-corrected chi connectivity index (χ1v) is 8.75. The van der Waals surface area contributed by atoms with Gasteiger partial charge < -0.3 is 5.11 Å². The van der Waals surface area contributed by atoms with Crippen molar-refractivity contribution < 1.29 is 18.4 Å². The van der Waals surface area contributed by atoms with Gasteiger partial charge in [0.1, 0.15) is 0 Å². The minimum atomic E-state index is -3.74. The number of aliphatic hydroxyl groups excluding tert-OH is 1. The van der Waals surface area contributed by atoms with E-state index in [1.54, 1.807) is 12.1 Å². The Balaban J connectivity index is 2.04. The van der Waals surface area contributed by atoms with Gasteiger partial charge in [0.05, 0.1) is 15.9 Å². The van der Waals surface area contributed by atoms with E-state index >= 15 is 0 Å². The summed E-state index contributed by atoms with van der Waals surface area (Å²) in [5.41, 5.74) is 0.283. The molecular weight excluding hydrogens is 388 g/mol. The molecule has 23 heavy (non-hydrogen) atoms. The molecular formula is C14H13BrN2O5S. The highest BCUT2D eigenvalue weighted by molar-refractivity contribution is 9.10. The van der Waals surface area contributed by atoms with Crippen LogP contribution in [0.15, 0.2) is 57.9 Å². The minimum absolute atomic E-state index is 0.0802. The van der Waals surface area contributed by atoms with Crippen molar-refractivity contribution >= 4 is 31.6 Å². The number of aliphatic hydroxyl groups is 1. The van der Waals surface area contributed by atoms with Crippen LogP contribution in [0.4, 0.5) is 5.69 Å². The number of hydrogen-bond acceptors (Lipinski definition) is 5. The molecule has 0 radical (unpaired) electrons. The first-order chi connectivity index (χ1) is 10.8. The van der Waals surface area contributed by atoms with Crippen molar-refractivity contribution in [3.8, 4) is 0 Å². The van der Waals surface area contributed by atoms with Crippen molar-refractivity contribution in [2.45, 2.75) is 11.0 Å². The molecule has 0 bridgehead atoms. The summed E-state index contributed by atoms with van der Waals surface area (Å²) < 4.78 is 27.2. The van der Waals surface area contributed by atoms with Crippen LogP contribution in [-0.4, -0.2) is 25.0 Å². The fourth-order valence-electron chi connectivity index (χ4n) is 1.82. The number of nitrogens with one attached hydrogen (secondary N) is 1. The van der Waals surface area contributed by atoms with E-state index < -0.39 is 21.1 Å². The van der Waals surface area contributed by atoms with Crippen LogP contribution >= 0.6 is 15.9 Å². The zero-order valence-corrected chi connectivity index (χ0v) is 14.1. The number of non-ortho nitro benzene ring substituents is 1. The van der Waals surface area contributed by atoms with Gasteiger partial charge in [0.2, 0.25) is 10.0 Å². The maximum atomic E-state index is 12.1. The fourth-order valence-corrected chi connectivity index (χ4v) is 3.12. The van der Waals surface area contributed by atoms with E-state index in [1.807, 2.05) is 0 Å². The lowest BCUT2D eigenvalue weighted by molar-refractivity contribution is -0.384. The minimum Gasteiger partial charge on any atom is -0.387 e. The maximum Gasteiger partial charge on any atom is 0.269 e. The SMILES string of the molecule is O=[N+]([O-])c1ccc([C@@H](O)CNS(=O)(=O)c2ccc(Br)cc2)cc1. The summed E-state index contributed by atoms with van der Waals surface area (Å²) in [5, 5.41) is 20.6. The summed E-state index contributed by atoms with van der Waals surface area (Å²) >= 11 is 3.22. The number of nitrogens with zero attached hydrogens (tertiary/aromatic N) is 1. The molecule has 0 heterocycles. The molecule has 0 amide bonds. The van der Waals surface area contributed by atoms with Crippen LogP contribution in [-0.2, 0) is 10.0 Å². The molecule has 2 aromatic rings. The third-order valence-electron chi connectivity index (χ3n) is 3.08. The third kappa shape index (κ3) is 4.58. The Morgan fingerprint density at radius 1 is 1.13 bits per heavy atom. The molecule has 0 aliphatic heterocycles. The molecule has 0 unspecified atom stereocenters. The average molecular weight is 401 g/mol. The van der Waals surface area contributed by atoms with E-state index in [0.717, 1.165) is 4.47 Å². The fraction of sp³-hybridized carbons (Fsp3) is 0.143. The highest BCUT2D eigenvalue weighted by Gasteiger charge is 2.17. The normalized spacial score (nSPS) is 12.8. The highest BCUT2D eigenvalue weighted by Crippen LogP contribution is 2.18. The molecule has 2 aromatic carbocycles. The number of nitro benzene ring substituents is 1. The van der Waals surface area contributed by atoms with Crippen LogP contribution in [0.2, 0.25) is 0 Å². The molecule has 0 aliphatic rings. The van der Waals surface area contributed by atoms with E-state index in [2.05, 4.69) is 20.7 Å². The number of benzene rings is 2. The first kappa shape index (κ1) is 17.5. The molecule has 0 saturated heterocycles. The molecule has 122 valence electrons. The standard InChI is InChI=1S/C14H13BrN2O5S/c15-11-3-7-13(8-4-11)23(21,22)16-9-14(18)10-1-5-12(6-2-10)17(19)20/h1-8,14,16,18H,9H2/t14-/m0/s1. The zero-order valence-electron chi connectivity index (χ0n) is 11.7. The van der Waals surface area contributed by atoms with Gasteiger partial charge in [-0.25, -0.2) is 13.1 Å². The van der Waals surface area contributed by atoms with Gasteiger partial charge in [0, 0.05) is 23.2 Å². The van der Waals surface area contributed by atoms with Gasteiger partial charge in [-0.05, 0) is 42.0 Å². The van der Waals surface area contributed by atoms with E-state index in [1.165, 1.54) is 36.4 Å². The largest absolute Gasteiger partial charge is 0.387 e. The van der Waals surface area contributed by atoms with Crippen molar-refractivity contribution in [2.75, 3.05) is 6.54 Å². The van der Waals surface area contributed by atoms with Gasteiger partial charge in [-0.1, -0.05) is 15.9 Å². The van der Waals surface area contributed by atoms with Crippen LogP contribution in [0.5, 0.6) is 0 Å². The van der Waals surface area contributed by atoms with Crippen molar-refractivity contribution in [3.05, 3.63) is 68.7 Å². The van der Waals surface area contributed by atoms with Crippen LogP contribution in [0.3, 0.4) is 0 Å². The van der Waals surface area contributed by atoms with Crippen molar-refractivity contribution in [2.24, 2.45) is 0 Å². The van der Waals surface area contributed by atoms with E-state index in [9.17, 15) is 23.6 Å². The second kappa shape index (κ2) is 7.18. The van der Waals surface area contributed by atoms with E-state index in [-0.39, 0.29) is 17.1 Å². The van der Waals surface area contributed by atoms with Crippen molar-refractivity contribution in [1.29, 1.82) is 0 Å². The first-order valence-electron chi connectivity index (χ1n) is 6.47. The Hall–Kier alpha value is -1.81. The van der Waals surface area contributed by atoms with Gasteiger partial charge >= 0.3 is 0 Å². The Bertz CT molecular complexity index is 791. The lowest BCUT2D eigenvalue weighted by atomic mass is 10.1. The Morgan fingerprint density at radius 3 is 2.22 bits per heavy atom. The molecule has 0 aliphatic carbocycles. The number of hydrogen-bond donors (Lipinski definition) is 2. The van der Waals surface area contributed by atoms with Gasteiger partial charge in [0.15, 0.2) is 0 Å². The number of nitro groups is 1. The summed E-state index contributed by atoms with van der Waals surface area (Å²) in [5.74, 6) is 0. The second-order valence-corrected chi connectivity index (χ2v) is 7.35. The predicted molar refractivity (Wildman–Crippen MR) is 87.4 cm³/mol. The number of sulfonamides is 1. The zero-order chi connectivity index (χ0) is 17.0. The summed E-state index contributed by atoms with van der Waals surface area (Å²) in [4.78, 5) is 10.1. The van der Waals surface area contributed by atoms with Crippen molar-refractivity contribution in [1.82, 2.24) is 4.72 Å². The predicted octanol–water partition coefficient (Wildman–Crippen LogP) is 2.37. The Kier molecular flexibility index (Phi) is 5.47. The molecule has 9 heteroatoms. The summed E-state index contributed by atoms with van der Waals surface area (Å²) in [6.07, 6.45) is -1.11. The number of rotatable bonds is 6. The Labute approximate surface area is 141 Å². The van der Waals surface area contributed by atoms with E-state index in [4.69, 9.17) is 0 Å². The number of halogens is 1. The average Bonchev–Trinajstić information content (AvgIpc) is 2.53. The topological polar surface area (TPSA) is 110 Å². The highest BCUT2D eigenvalue weighted by atomic mass is 79.9. The molecule has 0 spiro atoms. The summed E-state index contributed by atoms with van der Waals surface area (Å²) in [7, 11) is -3.74. The van der Waals surface area contributed by atoms with Crippen molar-refractivity contribution in [3.63, 3.8) is 0 Å². The van der Waals surface area contributed by atoms with Crippen LogP contribution in [0, 0.1) is 10.1 Å². The van der Waals surface area contributed by atoms with Crippen LogP contribution < -0.4 is 4.72 Å². The molecule has 2 rings (SSSR count). The van der Waals surface area contributed by atoms with Gasteiger partial charge in [-0.15, -0.1) is 0 Å². The quantitative estimate of drug-likeness (QED) is 0.571. The van der Waals surface area contributed by atoms with Crippen LogP contribution in [0.1, 0.15) is 11.7 Å². The second-order valence-electron chi connectivity index (χ2n) is 4.67. The third-order valence-corrected chi connectivity index (χ3v) is 5.05. The van der Waals surface area contributed by atoms with E-state index in [0.29, 0.717) is 5.56 Å². The lowest BCUT2D eigenvalue weighted by Crippen LogP contribution is -2.28. The summed E-state index contributed by atoms with van der Waals surface area (Å²) in [6, 6.07) is 11.3. The van der Waals surface area contributed by atoms with Crippen LogP contribution in [0.25, 0.3) is 0 Å². The molecule has 0 aromatic heterocycles. The molecule has 0 saturated carbocycles. The molecule has 7 nitrogen and oxygen atoms in total.